The average Bonchev–Trinajstić information content (AvgIpc) is 2.71. The van der Waals surface area contributed by atoms with Crippen molar-refractivity contribution < 1.29 is 80.5 Å². The third-order valence-electron chi connectivity index (χ3n) is 4.22. The van der Waals surface area contributed by atoms with Crippen molar-refractivity contribution in [3.8, 4) is 11.5 Å². The van der Waals surface area contributed by atoms with E-state index in [2.05, 4.69) is 9.47 Å². The number of hydrogen-bond donors (Lipinski definition) is 0. The van der Waals surface area contributed by atoms with Crippen molar-refractivity contribution in [2.24, 2.45) is 0 Å². The van der Waals surface area contributed by atoms with Crippen LogP contribution in [0.25, 0.3) is 10.8 Å². The summed E-state index contributed by atoms with van der Waals surface area (Å²) in [6.07, 6.45) is -13.9. The molecule has 2 aromatic rings. The van der Waals surface area contributed by atoms with Crippen LogP contribution < -0.4 is 9.47 Å². The first-order chi connectivity index (χ1) is 16.0. The third-order valence-corrected chi connectivity index (χ3v) is 4.22. The Kier molecular flexibility index (Phi) is 6.94. The molecule has 2 aromatic carbocycles. The van der Waals surface area contributed by atoms with Crippen LogP contribution in [0.2, 0.25) is 0 Å². The molecule has 0 amide bonds. The molecule has 4 nitrogen and oxygen atoms in total. The summed E-state index contributed by atoms with van der Waals surface area (Å²) in [5.74, 6) is -37.0. The Morgan fingerprint density at radius 1 is 0.583 bits per heavy atom. The van der Waals surface area contributed by atoms with Gasteiger partial charge in [0.25, 0.3) is 0 Å². The van der Waals surface area contributed by atoms with Crippen LogP contribution in [-0.4, -0.2) is 48.0 Å². The summed E-state index contributed by atoms with van der Waals surface area (Å²) < 4.78 is 187. The predicted octanol–water partition coefficient (Wildman–Crippen LogP) is 6.32. The van der Waals surface area contributed by atoms with Gasteiger partial charge in [-0.3, -0.25) is 0 Å². The van der Waals surface area contributed by atoms with E-state index in [4.69, 9.17) is 0 Å². The maximum Gasteiger partial charge on any atom is 0.460 e. The summed E-state index contributed by atoms with van der Waals surface area (Å²) in [4.78, 5) is 22.9. The first-order valence-electron chi connectivity index (χ1n) is 8.60. The lowest BCUT2D eigenvalue weighted by Gasteiger charge is -2.27. The van der Waals surface area contributed by atoms with Crippen LogP contribution in [-0.2, 0) is 9.59 Å². The summed E-state index contributed by atoms with van der Waals surface area (Å²) in [5, 5.41) is -1.05. The molecule has 0 N–H and O–H groups in total. The highest BCUT2D eigenvalue weighted by Gasteiger charge is 2.78. The van der Waals surface area contributed by atoms with Crippen molar-refractivity contribution in [1.29, 1.82) is 0 Å². The molecule has 36 heavy (non-hydrogen) atoms. The number of esters is 2. The minimum Gasteiger partial charge on any atom is -0.422 e. The summed E-state index contributed by atoms with van der Waals surface area (Å²) in [7, 11) is 0. The maximum atomic E-state index is 13.6. The van der Waals surface area contributed by atoms with E-state index in [-0.39, 0.29) is 6.07 Å². The van der Waals surface area contributed by atoms with Crippen molar-refractivity contribution in [3.05, 3.63) is 36.4 Å². The second-order valence-electron chi connectivity index (χ2n) is 6.71. The first-order valence-corrected chi connectivity index (χ1v) is 8.60. The molecule has 0 bridgehead atoms. The van der Waals surface area contributed by atoms with E-state index in [0.717, 1.165) is 24.3 Å². The second kappa shape index (κ2) is 8.65. The van der Waals surface area contributed by atoms with Gasteiger partial charge < -0.3 is 9.47 Å². The van der Waals surface area contributed by atoms with Gasteiger partial charge in [-0.1, -0.05) is 24.3 Å². The minimum atomic E-state index is -6.97. The molecule has 0 unspecified atom stereocenters. The number of halogens is 14. The monoisotopic (exact) mass is 552 g/mol. The SMILES string of the molecule is O=C(Oc1cc(OC(=O)C(F)(F)C(F)(F)C(F)(F)F)c2ccccc2c1)C(F)(F)C(F)(F)C(F)(F)F. The summed E-state index contributed by atoms with van der Waals surface area (Å²) in [6.45, 7) is 0. The fourth-order valence-corrected chi connectivity index (χ4v) is 2.34. The van der Waals surface area contributed by atoms with E-state index in [1.165, 1.54) is 0 Å². The van der Waals surface area contributed by atoms with Crippen LogP contribution in [0.3, 0.4) is 0 Å². The maximum absolute atomic E-state index is 13.6. The lowest BCUT2D eigenvalue weighted by molar-refractivity contribution is -0.346. The van der Waals surface area contributed by atoms with Crippen LogP contribution in [0.15, 0.2) is 36.4 Å². The van der Waals surface area contributed by atoms with E-state index < -0.39 is 70.3 Å². The lowest BCUT2D eigenvalue weighted by atomic mass is 10.1. The quantitative estimate of drug-likeness (QED) is 0.239. The van der Waals surface area contributed by atoms with Gasteiger partial charge in [-0.15, -0.1) is 0 Å². The first kappa shape index (κ1) is 28.9. The number of carbonyl (C=O) groups is 2. The fraction of sp³-hybridized carbons (Fsp3) is 0.333. The fourth-order valence-electron chi connectivity index (χ4n) is 2.34. The average molecular weight is 552 g/mol. The molecule has 200 valence electrons. The zero-order valence-corrected chi connectivity index (χ0v) is 16.4. The van der Waals surface area contributed by atoms with E-state index >= 15 is 0 Å². The van der Waals surface area contributed by atoms with Gasteiger partial charge in [0.1, 0.15) is 11.5 Å². The highest BCUT2D eigenvalue weighted by Crippen LogP contribution is 2.49. The largest absolute Gasteiger partial charge is 0.460 e. The molecule has 0 aliphatic heterocycles. The molecule has 0 saturated heterocycles. The molecule has 18 heteroatoms. The van der Waals surface area contributed by atoms with Crippen LogP contribution in [0.1, 0.15) is 0 Å². The number of fused-ring (bicyclic) bond motifs is 1. The van der Waals surface area contributed by atoms with Gasteiger partial charge in [0, 0.05) is 11.5 Å². The van der Waals surface area contributed by atoms with E-state index in [1.807, 2.05) is 0 Å². The smallest absolute Gasteiger partial charge is 0.422 e. The molecule has 0 aliphatic rings. The zero-order chi connectivity index (χ0) is 28.1. The van der Waals surface area contributed by atoms with E-state index in [1.54, 1.807) is 0 Å². The number of hydrogen-bond acceptors (Lipinski definition) is 4. The van der Waals surface area contributed by atoms with Crippen molar-refractivity contribution >= 4 is 22.7 Å². The van der Waals surface area contributed by atoms with Crippen LogP contribution in [0, 0.1) is 0 Å². The molecular formula is C18H6F14O4. The van der Waals surface area contributed by atoms with Gasteiger partial charge in [0.05, 0.1) is 0 Å². The number of carbonyl (C=O) groups excluding carboxylic acids is 2. The Morgan fingerprint density at radius 3 is 1.44 bits per heavy atom. The molecule has 0 aliphatic carbocycles. The molecule has 0 fully saturated rings. The molecule has 0 spiro atoms. The summed E-state index contributed by atoms with van der Waals surface area (Å²) in [5.41, 5.74) is 0. The van der Waals surface area contributed by atoms with Gasteiger partial charge in [-0.25, -0.2) is 9.59 Å². The van der Waals surface area contributed by atoms with E-state index in [0.29, 0.717) is 6.07 Å². The molecule has 2 rings (SSSR count). The predicted molar refractivity (Wildman–Crippen MR) is 87.1 cm³/mol. The zero-order valence-electron chi connectivity index (χ0n) is 16.4. The second-order valence-corrected chi connectivity index (χ2v) is 6.71. The van der Waals surface area contributed by atoms with Gasteiger partial charge in [0.15, 0.2) is 0 Å². The Hall–Kier alpha value is -3.34. The topological polar surface area (TPSA) is 52.6 Å². The van der Waals surface area contributed by atoms with E-state index in [9.17, 15) is 71.1 Å². The highest BCUT2D eigenvalue weighted by atomic mass is 19.4. The highest BCUT2D eigenvalue weighted by molar-refractivity contribution is 5.93. The van der Waals surface area contributed by atoms with Crippen molar-refractivity contribution in [2.45, 2.75) is 36.0 Å². The molecule has 0 radical (unpaired) electrons. The Bertz CT molecular complexity index is 1170. The van der Waals surface area contributed by atoms with Crippen molar-refractivity contribution in [2.75, 3.05) is 0 Å². The third kappa shape index (κ3) is 4.71. The Morgan fingerprint density at radius 2 is 1.00 bits per heavy atom. The van der Waals surface area contributed by atoms with Gasteiger partial charge >= 0.3 is 48.0 Å². The summed E-state index contributed by atoms with van der Waals surface area (Å²) >= 11 is 0. The Balaban J connectivity index is 2.51. The van der Waals surface area contributed by atoms with Crippen molar-refractivity contribution in [1.82, 2.24) is 0 Å². The number of benzene rings is 2. The molecular weight excluding hydrogens is 546 g/mol. The standard InChI is InChI=1S/C18H6F14O4/c19-13(20,15(23,24)17(27,28)29)11(33)35-8-5-7-3-1-2-4-9(7)10(6-8)36-12(34)14(21,22)16(25,26)18(30,31)32/h1-6H. The van der Waals surface area contributed by atoms with Gasteiger partial charge in [-0.2, -0.15) is 61.5 Å². The number of ether oxygens (including phenoxy) is 2. The van der Waals surface area contributed by atoms with Gasteiger partial charge in [-0.05, 0) is 11.5 Å². The number of rotatable bonds is 6. The molecule has 0 saturated carbocycles. The molecule has 0 aromatic heterocycles. The normalized spacial score (nSPS) is 14.1. The summed E-state index contributed by atoms with van der Waals surface area (Å²) in [6, 6.07) is 4.27. The Labute approximate surface area is 188 Å². The van der Waals surface area contributed by atoms with Crippen LogP contribution in [0.4, 0.5) is 61.5 Å². The van der Waals surface area contributed by atoms with Crippen LogP contribution in [0.5, 0.6) is 11.5 Å². The van der Waals surface area contributed by atoms with Gasteiger partial charge in [0.2, 0.25) is 0 Å². The molecule has 0 heterocycles. The van der Waals surface area contributed by atoms with Crippen molar-refractivity contribution in [3.63, 3.8) is 0 Å². The number of alkyl halides is 14. The molecule has 0 atom stereocenters. The minimum absolute atomic E-state index is 0.0538. The van der Waals surface area contributed by atoms with Crippen LogP contribution >= 0.6 is 0 Å². The lowest BCUT2D eigenvalue weighted by Crippen LogP contribution is -2.57.